The third-order valence-electron chi connectivity index (χ3n) is 4.47. The second-order valence-corrected chi connectivity index (χ2v) is 7.22. The fourth-order valence-electron chi connectivity index (χ4n) is 3.30. The number of nitrogens with one attached hydrogen (secondary N) is 1. The second kappa shape index (κ2) is 6.58. The van der Waals surface area contributed by atoms with E-state index in [4.69, 9.17) is 11.6 Å². The minimum atomic E-state index is -3.00. The van der Waals surface area contributed by atoms with E-state index in [0.717, 1.165) is 0 Å². The number of benzene rings is 1. The van der Waals surface area contributed by atoms with Crippen LogP contribution in [0.5, 0.6) is 5.75 Å². The third-order valence-corrected chi connectivity index (χ3v) is 4.71. The lowest BCUT2D eigenvalue weighted by atomic mass is 9.77. The van der Waals surface area contributed by atoms with Crippen LogP contribution in [0.3, 0.4) is 0 Å². The fraction of sp³-hybridized carbons (Fsp3) is 0.353. The van der Waals surface area contributed by atoms with Crippen molar-refractivity contribution < 1.29 is 18.6 Å². The Bertz CT molecular complexity index is 987. The molecule has 1 saturated carbocycles. The van der Waals surface area contributed by atoms with E-state index in [1.165, 1.54) is 6.07 Å². The molecule has 0 amide bonds. The monoisotopic (exact) mass is 395 g/mol. The molecule has 142 valence electrons. The van der Waals surface area contributed by atoms with Crippen LogP contribution in [0.2, 0.25) is 5.02 Å². The summed E-state index contributed by atoms with van der Waals surface area (Å²) in [7, 11) is 0. The van der Waals surface area contributed by atoms with Crippen molar-refractivity contribution in [1.82, 2.24) is 19.6 Å². The van der Waals surface area contributed by atoms with E-state index in [0.29, 0.717) is 35.6 Å². The largest absolute Gasteiger partial charge is 0.434 e. The van der Waals surface area contributed by atoms with Gasteiger partial charge in [-0.3, -0.25) is 4.40 Å². The van der Waals surface area contributed by atoms with Gasteiger partial charge >= 0.3 is 6.61 Å². The molecule has 0 radical (unpaired) electrons. The van der Waals surface area contributed by atoms with Gasteiger partial charge in [-0.05, 0) is 38.0 Å². The van der Waals surface area contributed by atoms with Crippen LogP contribution >= 0.6 is 11.6 Å². The minimum Gasteiger partial charge on any atom is -0.434 e. The molecule has 1 fully saturated rings. The van der Waals surface area contributed by atoms with E-state index in [1.807, 2.05) is 0 Å². The van der Waals surface area contributed by atoms with Gasteiger partial charge in [-0.2, -0.15) is 8.78 Å². The van der Waals surface area contributed by atoms with Crippen molar-refractivity contribution in [2.24, 2.45) is 0 Å². The predicted octanol–water partition coefficient (Wildman–Crippen LogP) is 3.37. The first-order valence-electron chi connectivity index (χ1n) is 8.25. The number of alkyl halides is 2. The Hall–Kier alpha value is -2.52. The lowest BCUT2D eigenvalue weighted by Gasteiger charge is -2.41. The van der Waals surface area contributed by atoms with E-state index < -0.39 is 12.2 Å². The first-order valence-corrected chi connectivity index (χ1v) is 8.62. The van der Waals surface area contributed by atoms with E-state index in [9.17, 15) is 13.9 Å². The Morgan fingerprint density at radius 2 is 2.15 bits per heavy atom. The highest BCUT2D eigenvalue weighted by molar-refractivity contribution is 6.30. The maximum Gasteiger partial charge on any atom is 0.387 e. The number of rotatable bonds is 5. The van der Waals surface area contributed by atoms with E-state index in [1.54, 1.807) is 36.0 Å². The molecule has 1 aromatic carbocycles. The van der Waals surface area contributed by atoms with Crippen LogP contribution in [-0.4, -0.2) is 42.9 Å². The maximum atomic E-state index is 12.8. The lowest BCUT2D eigenvalue weighted by Crippen LogP contribution is -2.48. The molecule has 27 heavy (non-hydrogen) atoms. The van der Waals surface area contributed by atoms with Gasteiger partial charge in [-0.1, -0.05) is 11.6 Å². The number of halogens is 3. The van der Waals surface area contributed by atoms with Gasteiger partial charge in [0.25, 0.3) is 0 Å². The highest BCUT2D eigenvalue weighted by Gasteiger charge is 2.38. The van der Waals surface area contributed by atoms with Crippen molar-refractivity contribution in [2.75, 3.05) is 5.32 Å². The molecule has 0 spiro atoms. The molecule has 0 unspecified atom stereocenters. The van der Waals surface area contributed by atoms with Gasteiger partial charge < -0.3 is 15.2 Å². The topological polar surface area (TPSA) is 84.6 Å². The van der Waals surface area contributed by atoms with Crippen molar-refractivity contribution in [1.29, 1.82) is 0 Å². The van der Waals surface area contributed by atoms with Gasteiger partial charge in [0.15, 0.2) is 0 Å². The summed E-state index contributed by atoms with van der Waals surface area (Å²) in [6.07, 6.45) is 4.30. The molecule has 3 aromatic rings. The first kappa shape index (κ1) is 17.9. The van der Waals surface area contributed by atoms with E-state index in [-0.39, 0.29) is 16.8 Å². The Labute approximate surface area is 158 Å². The summed E-state index contributed by atoms with van der Waals surface area (Å²) < 4.78 is 31.8. The van der Waals surface area contributed by atoms with Gasteiger partial charge in [-0.15, -0.1) is 10.2 Å². The van der Waals surface area contributed by atoms with Crippen molar-refractivity contribution in [3.05, 3.63) is 35.7 Å². The summed E-state index contributed by atoms with van der Waals surface area (Å²) >= 11 is 5.90. The van der Waals surface area contributed by atoms with E-state index in [2.05, 4.69) is 25.2 Å². The number of imidazole rings is 1. The average Bonchev–Trinajstić information content (AvgIpc) is 3.03. The number of aromatic nitrogens is 4. The van der Waals surface area contributed by atoms with E-state index >= 15 is 0 Å². The highest BCUT2D eigenvalue weighted by Crippen LogP contribution is 2.36. The van der Waals surface area contributed by atoms with Crippen LogP contribution in [0.25, 0.3) is 16.8 Å². The Balaban J connectivity index is 1.72. The summed E-state index contributed by atoms with van der Waals surface area (Å²) in [4.78, 5) is 4.11. The summed E-state index contributed by atoms with van der Waals surface area (Å²) in [5, 5.41) is 21.7. The van der Waals surface area contributed by atoms with Crippen molar-refractivity contribution in [2.45, 2.75) is 38.0 Å². The molecule has 0 atom stereocenters. The zero-order valence-corrected chi connectivity index (χ0v) is 15.0. The molecule has 1 aliphatic rings. The van der Waals surface area contributed by atoms with Crippen LogP contribution in [0, 0.1) is 0 Å². The predicted molar refractivity (Wildman–Crippen MR) is 95.1 cm³/mol. The summed E-state index contributed by atoms with van der Waals surface area (Å²) in [6, 6.07) is 4.49. The van der Waals surface area contributed by atoms with Crippen LogP contribution in [-0.2, 0) is 0 Å². The van der Waals surface area contributed by atoms with Gasteiger partial charge in [0, 0.05) is 16.6 Å². The number of nitrogens with zero attached hydrogens (tertiary/aromatic N) is 4. The summed E-state index contributed by atoms with van der Waals surface area (Å²) in [5.74, 6) is 0.364. The molecule has 0 saturated heterocycles. The lowest BCUT2D eigenvalue weighted by molar-refractivity contribution is -0.0494. The Kier molecular flexibility index (Phi) is 4.35. The molecule has 4 rings (SSSR count). The Morgan fingerprint density at radius 1 is 1.37 bits per heavy atom. The molecular formula is C17H16ClF2N5O2. The molecule has 2 heterocycles. The second-order valence-electron chi connectivity index (χ2n) is 6.79. The van der Waals surface area contributed by atoms with Gasteiger partial charge in [-0.25, -0.2) is 4.98 Å². The van der Waals surface area contributed by atoms with Gasteiger partial charge in [0.05, 0.1) is 17.3 Å². The summed E-state index contributed by atoms with van der Waals surface area (Å²) in [5.41, 5.74) is 0.561. The summed E-state index contributed by atoms with van der Waals surface area (Å²) in [6.45, 7) is -1.22. The quantitative estimate of drug-likeness (QED) is 0.689. The number of ether oxygens (including phenoxy) is 1. The molecule has 0 aliphatic heterocycles. The zero-order valence-electron chi connectivity index (χ0n) is 14.2. The molecule has 2 aromatic heterocycles. The number of hydrogen-bond acceptors (Lipinski definition) is 6. The molecule has 7 nitrogen and oxygen atoms in total. The smallest absolute Gasteiger partial charge is 0.387 e. The van der Waals surface area contributed by atoms with Gasteiger partial charge in [0.2, 0.25) is 5.95 Å². The average molecular weight is 396 g/mol. The molecule has 2 N–H and O–H groups in total. The van der Waals surface area contributed by atoms with Crippen LogP contribution in [0.15, 0.2) is 30.7 Å². The van der Waals surface area contributed by atoms with Crippen molar-refractivity contribution >= 4 is 23.1 Å². The number of aliphatic hydroxyl groups is 1. The van der Waals surface area contributed by atoms with Crippen molar-refractivity contribution in [3.63, 3.8) is 0 Å². The highest BCUT2D eigenvalue weighted by atomic mass is 35.5. The SMILES string of the molecule is CC1(O)CC(Nc2nnc(-c3ccc(Cl)cc3OC(F)F)c3cncn23)C1. The fourth-order valence-corrected chi connectivity index (χ4v) is 3.46. The molecule has 1 aliphatic carbocycles. The number of hydrogen-bond donors (Lipinski definition) is 2. The standard InChI is InChI=1S/C17H16ClF2N5O2/c1-17(26)5-10(6-17)22-16-24-23-14(12-7-21-8-25(12)16)11-3-2-9(18)4-13(11)27-15(19)20/h2-4,7-8,10,15,26H,5-6H2,1H3,(H,22,24). The van der Waals surface area contributed by atoms with Gasteiger partial charge in [0.1, 0.15) is 17.8 Å². The Morgan fingerprint density at radius 3 is 2.85 bits per heavy atom. The van der Waals surface area contributed by atoms with Crippen LogP contribution in [0.4, 0.5) is 14.7 Å². The van der Waals surface area contributed by atoms with Crippen LogP contribution in [0.1, 0.15) is 19.8 Å². The third kappa shape index (κ3) is 3.52. The molecule has 0 bridgehead atoms. The minimum absolute atomic E-state index is 0.0685. The first-order chi connectivity index (χ1) is 12.8. The van der Waals surface area contributed by atoms with Crippen LogP contribution < -0.4 is 10.1 Å². The normalized spacial score (nSPS) is 22.1. The molecule has 10 heteroatoms. The maximum absolute atomic E-state index is 12.8. The molecular weight excluding hydrogens is 380 g/mol. The van der Waals surface area contributed by atoms with Crippen molar-refractivity contribution in [3.8, 4) is 17.0 Å². The zero-order chi connectivity index (χ0) is 19.2. The number of anilines is 1. The number of fused-ring (bicyclic) bond motifs is 1.